The molecule has 0 aliphatic carbocycles. The summed E-state index contributed by atoms with van der Waals surface area (Å²) in [6.45, 7) is 3.00. The van der Waals surface area contributed by atoms with E-state index in [1.54, 1.807) is 0 Å². The molecule has 2 aromatic carbocycles. The highest BCUT2D eigenvalue weighted by Gasteiger charge is 2.39. The smallest absolute Gasteiger partial charge is 0.244 e. The van der Waals surface area contributed by atoms with Crippen molar-refractivity contribution < 1.29 is 4.79 Å². The van der Waals surface area contributed by atoms with Gasteiger partial charge in [-0.3, -0.25) is 4.79 Å². The maximum absolute atomic E-state index is 12.6. The van der Waals surface area contributed by atoms with Gasteiger partial charge in [0.2, 0.25) is 5.91 Å². The minimum atomic E-state index is -0.392. The minimum absolute atomic E-state index is 0.0915. The number of fused-ring (bicyclic) bond motifs is 1. The molecule has 0 saturated carbocycles. The van der Waals surface area contributed by atoms with Crippen molar-refractivity contribution >= 4 is 22.4 Å². The van der Waals surface area contributed by atoms with Crippen LogP contribution >= 0.6 is 0 Å². The minimum Gasteiger partial charge on any atom is -0.324 e. The van der Waals surface area contributed by atoms with E-state index in [0.29, 0.717) is 0 Å². The number of nitrogens with one attached hydrogen (secondary N) is 2. The fourth-order valence-corrected chi connectivity index (χ4v) is 3.04. The van der Waals surface area contributed by atoms with Crippen LogP contribution in [0, 0.1) is 0 Å². The topological polar surface area (TPSA) is 41.1 Å². The summed E-state index contributed by atoms with van der Waals surface area (Å²) < 4.78 is 0. The Hall–Kier alpha value is -1.87. The maximum atomic E-state index is 12.6. The summed E-state index contributed by atoms with van der Waals surface area (Å²) in [5.41, 5.74) is 0.506. The number of carbonyl (C=O) groups excluding carboxylic acids is 1. The Morgan fingerprint density at radius 1 is 1.25 bits per heavy atom. The van der Waals surface area contributed by atoms with Crippen molar-refractivity contribution in [3.05, 3.63) is 42.5 Å². The van der Waals surface area contributed by atoms with Gasteiger partial charge >= 0.3 is 0 Å². The fourth-order valence-electron chi connectivity index (χ4n) is 3.04. The molecule has 3 heteroatoms. The predicted octanol–water partition coefficient (Wildman–Crippen LogP) is 3.31. The van der Waals surface area contributed by atoms with Crippen LogP contribution < -0.4 is 10.6 Å². The maximum Gasteiger partial charge on any atom is 0.244 e. The summed E-state index contributed by atoms with van der Waals surface area (Å²) in [5, 5.41) is 8.73. The van der Waals surface area contributed by atoms with Gasteiger partial charge in [0.15, 0.2) is 0 Å². The van der Waals surface area contributed by atoms with Gasteiger partial charge in [0, 0.05) is 11.1 Å². The third-order valence-electron chi connectivity index (χ3n) is 4.32. The molecule has 2 N–H and O–H groups in total. The van der Waals surface area contributed by atoms with E-state index in [-0.39, 0.29) is 5.91 Å². The Bertz CT molecular complexity index is 624. The first-order valence-corrected chi connectivity index (χ1v) is 7.29. The van der Waals surface area contributed by atoms with E-state index in [2.05, 4.69) is 29.7 Å². The largest absolute Gasteiger partial charge is 0.324 e. The summed E-state index contributed by atoms with van der Waals surface area (Å²) in [5.74, 6) is 0.0915. The van der Waals surface area contributed by atoms with Gasteiger partial charge in [0.05, 0.1) is 5.54 Å². The average Bonchev–Trinajstić information content (AvgIpc) is 2.98. The van der Waals surface area contributed by atoms with Gasteiger partial charge in [-0.15, -0.1) is 0 Å². The number of hydrogen-bond donors (Lipinski definition) is 2. The second-order valence-electron chi connectivity index (χ2n) is 5.45. The highest BCUT2D eigenvalue weighted by atomic mass is 16.2. The molecule has 0 spiro atoms. The molecular weight excluding hydrogens is 248 g/mol. The van der Waals surface area contributed by atoms with Gasteiger partial charge in [0.1, 0.15) is 0 Å². The predicted molar refractivity (Wildman–Crippen MR) is 82.8 cm³/mol. The molecule has 0 aromatic heterocycles. The van der Waals surface area contributed by atoms with E-state index in [1.165, 1.54) is 0 Å². The fraction of sp³-hybridized carbons (Fsp3) is 0.353. The SMILES string of the molecule is CCC1(C(=O)Nc2cccc3ccccc23)CCCN1. The van der Waals surface area contributed by atoms with Crippen LogP contribution in [0.3, 0.4) is 0 Å². The molecule has 1 heterocycles. The quantitative estimate of drug-likeness (QED) is 0.896. The number of anilines is 1. The zero-order chi connectivity index (χ0) is 14.0. The van der Waals surface area contributed by atoms with Gasteiger partial charge < -0.3 is 10.6 Å². The van der Waals surface area contributed by atoms with E-state index in [0.717, 1.165) is 42.3 Å². The summed E-state index contributed by atoms with van der Waals surface area (Å²) in [4.78, 5) is 12.6. The highest BCUT2D eigenvalue weighted by Crippen LogP contribution is 2.28. The molecular formula is C17H20N2O. The number of rotatable bonds is 3. The van der Waals surface area contributed by atoms with Gasteiger partial charge in [-0.1, -0.05) is 43.3 Å². The first kappa shape index (κ1) is 13.1. The van der Waals surface area contributed by atoms with Crippen molar-refractivity contribution in [3.63, 3.8) is 0 Å². The van der Waals surface area contributed by atoms with E-state index in [9.17, 15) is 4.79 Å². The lowest BCUT2D eigenvalue weighted by atomic mass is 9.93. The van der Waals surface area contributed by atoms with Crippen molar-refractivity contribution in [1.82, 2.24) is 5.32 Å². The zero-order valence-electron chi connectivity index (χ0n) is 11.8. The first-order chi connectivity index (χ1) is 9.75. The van der Waals surface area contributed by atoms with Gasteiger partial charge in [-0.2, -0.15) is 0 Å². The van der Waals surface area contributed by atoms with Crippen molar-refractivity contribution in [2.24, 2.45) is 0 Å². The third-order valence-corrected chi connectivity index (χ3v) is 4.32. The standard InChI is InChI=1S/C17H20N2O/c1-2-17(11-6-12-18-17)16(20)19-15-10-5-8-13-7-3-4-9-14(13)15/h3-5,7-10,18H,2,6,11-12H2,1H3,(H,19,20). The molecule has 0 bridgehead atoms. The van der Waals surface area contributed by atoms with Crippen LogP contribution in [-0.2, 0) is 4.79 Å². The second-order valence-corrected chi connectivity index (χ2v) is 5.45. The number of carbonyl (C=O) groups is 1. The highest BCUT2D eigenvalue weighted by molar-refractivity contribution is 6.05. The molecule has 20 heavy (non-hydrogen) atoms. The van der Waals surface area contributed by atoms with E-state index >= 15 is 0 Å². The Labute approximate surface area is 119 Å². The molecule has 1 saturated heterocycles. The molecule has 0 radical (unpaired) electrons. The molecule has 104 valence electrons. The lowest BCUT2D eigenvalue weighted by Crippen LogP contribution is -2.50. The van der Waals surface area contributed by atoms with Crippen LogP contribution in [0.1, 0.15) is 26.2 Å². The molecule has 1 aliphatic rings. The van der Waals surface area contributed by atoms with E-state index < -0.39 is 5.54 Å². The molecule has 2 aromatic rings. The zero-order valence-corrected chi connectivity index (χ0v) is 11.8. The Balaban J connectivity index is 1.91. The first-order valence-electron chi connectivity index (χ1n) is 7.29. The molecule has 1 aliphatic heterocycles. The van der Waals surface area contributed by atoms with Crippen LogP contribution in [0.15, 0.2) is 42.5 Å². The molecule has 3 rings (SSSR count). The molecule has 1 fully saturated rings. The molecule has 1 amide bonds. The van der Waals surface area contributed by atoms with Crippen molar-refractivity contribution in [2.45, 2.75) is 31.7 Å². The van der Waals surface area contributed by atoms with E-state index in [1.807, 2.05) is 30.3 Å². The lowest BCUT2D eigenvalue weighted by molar-refractivity contribution is -0.122. The summed E-state index contributed by atoms with van der Waals surface area (Å²) >= 11 is 0. The number of amides is 1. The van der Waals surface area contributed by atoms with Gasteiger partial charge in [-0.25, -0.2) is 0 Å². The monoisotopic (exact) mass is 268 g/mol. The van der Waals surface area contributed by atoms with Crippen molar-refractivity contribution in [3.8, 4) is 0 Å². The normalized spacial score (nSPS) is 22.1. The number of benzene rings is 2. The van der Waals surface area contributed by atoms with E-state index in [4.69, 9.17) is 0 Å². The van der Waals surface area contributed by atoms with Crippen LogP contribution in [0.2, 0.25) is 0 Å². The van der Waals surface area contributed by atoms with Crippen LogP contribution in [0.25, 0.3) is 10.8 Å². The summed E-state index contributed by atoms with van der Waals surface area (Å²) in [6.07, 6.45) is 2.81. The van der Waals surface area contributed by atoms with Gasteiger partial charge in [0.25, 0.3) is 0 Å². The second kappa shape index (κ2) is 5.25. The summed E-state index contributed by atoms with van der Waals surface area (Å²) in [7, 11) is 0. The average molecular weight is 268 g/mol. The molecule has 1 atom stereocenters. The summed E-state index contributed by atoms with van der Waals surface area (Å²) in [6, 6.07) is 14.1. The Morgan fingerprint density at radius 2 is 2.05 bits per heavy atom. The Kier molecular flexibility index (Phi) is 3.45. The van der Waals surface area contributed by atoms with Crippen molar-refractivity contribution in [1.29, 1.82) is 0 Å². The van der Waals surface area contributed by atoms with Gasteiger partial charge in [-0.05, 0) is 37.3 Å². The van der Waals surface area contributed by atoms with Crippen LogP contribution in [0.5, 0.6) is 0 Å². The lowest BCUT2D eigenvalue weighted by Gasteiger charge is -2.27. The third kappa shape index (κ3) is 2.18. The van der Waals surface area contributed by atoms with Crippen LogP contribution in [-0.4, -0.2) is 18.0 Å². The number of hydrogen-bond acceptors (Lipinski definition) is 2. The van der Waals surface area contributed by atoms with Crippen molar-refractivity contribution in [2.75, 3.05) is 11.9 Å². The molecule has 1 unspecified atom stereocenters. The van der Waals surface area contributed by atoms with Crippen LogP contribution in [0.4, 0.5) is 5.69 Å². The Morgan fingerprint density at radius 3 is 2.80 bits per heavy atom. The molecule has 3 nitrogen and oxygen atoms in total.